The second kappa shape index (κ2) is 22.6. The smallest absolute Gasteiger partial charge is 0.497 e. The Kier molecular flexibility index (Phi) is 16.6. The number of halogens is 2. The molecular weight excluding hydrogens is 963 g/mol. The first-order chi connectivity index (χ1) is 34.0. The molecule has 0 radical (unpaired) electrons. The molecule has 2 aromatic heterocycles. The number of aryl methyl sites for hydroxylation is 2. The number of nitrogens with zero attached hydrogens (tertiary/aromatic N) is 3. The number of nitriles is 1. The van der Waals surface area contributed by atoms with Gasteiger partial charge < -0.3 is 28.4 Å². The first-order valence-corrected chi connectivity index (χ1v) is 23.1. The zero-order chi connectivity index (χ0) is 51.0. The average Bonchev–Trinajstić information content (AvgIpc) is 3.84. The van der Waals surface area contributed by atoms with Gasteiger partial charge in [-0.3, -0.25) is 38.0 Å². The number of benzene rings is 3. The van der Waals surface area contributed by atoms with Crippen molar-refractivity contribution in [2.45, 2.75) is 82.0 Å². The van der Waals surface area contributed by atoms with Gasteiger partial charge in [-0.2, -0.15) is 5.26 Å². The number of alkyl halides is 2. The molecule has 2 aliphatic heterocycles. The van der Waals surface area contributed by atoms with E-state index < -0.39 is 111 Å². The lowest BCUT2D eigenvalue weighted by Crippen LogP contribution is -2.40. The number of phosphoric acid groups is 1. The lowest BCUT2D eigenvalue weighted by molar-refractivity contribution is -0.315. The second-order valence-corrected chi connectivity index (χ2v) is 17.5. The number of aromatic amines is 2. The van der Waals surface area contributed by atoms with E-state index >= 15 is 8.78 Å². The Hall–Kier alpha value is -6.65. The lowest BCUT2D eigenvalue weighted by Gasteiger charge is -2.37. The summed E-state index contributed by atoms with van der Waals surface area (Å²) in [6.45, 7) is 1.62. The maximum atomic E-state index is 17.1. The minimum Gasteiger partial charge on any atom is -0.497 e. The number of methoxy groups -OCH3 is 2. The van der Waals surface area contributed by atoms with E-state index in [4.69, 9.17) is 52.1 Å². The van der Waals surface area contributed by atoms with Crippen molar-refractivity contribution in [3.63, 3.8) is 0 Å². The molecule has 25 heteroatoms. The van der Waals surface area contributed by atoms with Crippen LogP contribution in [0.1, 0.15) is 53.6 Å². The third-order valence-electron chi connectivity index (χ3n) is 11.4. The van der Waals surface area contributed by atoms with Crippen LogP contribution < -0.4 is 32.0 Å². The number of carbonyl (C=O) groups is 1. The number of hydrogen-bond acceptors (Lipinski definition) is 18. The number of esters is 1. The van der Waals surface area contributed by atoms with Crippen molar-refractivity contribution in [3.05, 3.63) is 161 Å². The van der Waals surface area contributed by atoms with Gasteiger partial charge >= 0.3 is 25.2 Å². The Morgan fingerprint density at radius 3 is 1.73 bits per heavy atom. The largest absolute Gasteiger partial charge is 0.529 e. The monoisotopic (exact) mass is 1010 g/mol. The van der Waals surface area contributed by atoms with Crippen molar-refractivity contribution in [1.29, 1.82) is 5.26 Å². The van der Waals surface area contributed by atoms with E-state index in [2.05, 4.69) is 4.98 Å². The summed E-state index contributed by atoms with van der Waals surface area (Å²) >= 11 is 0. The third kappa shape index (κ3) is 11.4. The fourth-order valence-electron chi connectivity index (χ4n) is 7.91. The molecule has 2 saturated heterocycles. The summed E-state index contributed by atoms with van der Waals surface area (Å²) in [4.78, 5) is 77.0. The fourth-order valence-corrected chi connectivity index (χ4v) is 8.73. The van der Waals surface area contributed by atoms with Gasteiger partial charge in [0, 0.05) is 30.4 Å². The van der Waals surface area contributed by atoms with Crippen LogP contribution in [0.25, 0.3) is 0 Å². The average molecular weight is 1010 g/mol. The zero-order valence-electron chi connectivity index (χ0n) is 38.6. The van der Waals surface area contributed by atoms with Crippen molar-refractivity contribution in [2.75, 3.05) is 34.0 Å². The summed E-state index contributed by atoms with van der Waals surface area (Å²) in [6, 6.07) is 24.7. The standard InChI is InChI=1S/C46H48F2N5O17P/c1-26-22-52(44(57)50-40(26)55)42-36(47)38(65-28(3)54)35(67-42)25-63-69-71(59,64-21-9-20-49)70-68-39-34(66-43(37(39)48)53-23-27(2)41(56)51-45(53)58)24-62-46(29-10-7-6-8-11-29,30-12-16-32(60-4)17-13-30)31-14-18-33(61-5)19-15-31/h6-8,10-19,22-23,34-39,42-43H,9,21,24-25H2,1-5H3,(H,50,55,57)(H,51,56,58)/t34-,35-,36-,37-,38-,39-,42-,43-,71?/m1/s1. The van der Waals surface area contributed by atoms with E-state index in [1.807, 2.05) is 4.98 Å². The van der Waals surface area contributed by atoms with Gasteiger partial charge in [-0.15, -0.1) is 9.35 Å². The Morgan fingerprint density at radius 1 is 0.746 bits per heavy atom. The second-order valence-electron chi connectivity index (χ2n) is 16.0. The van der Waals surface area contributed by atoms with E-state index in [1.54, 1.807) is 84.9 Å². The predicted octanol–water partition coefficient (Wildman–Crippen LogP) is 4.44. The number of H-pyrrole nitrogens is 2. The van der Waals surface area contributed by atoms with Gasteiger partial charge in [0.15, 0.2) is 37.0 Å². The highest BCUT2D eigenvalue weighted by Gasteiger charge is 2.52. The van der Waals surface area contributed by atoms with Crippen LogP contribution in [-0.4, -0.2) is 95.9 Å². The number of nitrogens with one attached hydrogen (secondary N) is 2. The van der Waals surface area contributed by atoms with Crippen LogP contribution in [0.2, 0.25) is 0 Å². The molecular formula is C46H48F2N5O17P. The summed E-state index contributed by atoms with van der Waals surface area (Å²) < 4.78 is 99.0. The third-order valence-corrected chi connectivity index (χ3v) is 12.5. The van der Waals surface area contributed by atoms with Gasteiger partial charge in [-0.1, -0.05) is 54.6 Å². The lowest BCUT2D eigenvalue weighted by atomic mass is 9.80. The first kappa shape index (κ1) is 52.2. The Bertz CT molecular complexity index is 2940. The van der Waals surface area contributed by atoms with Crippen LogP contribution in [0, 0.1) is 25.2 Å². The minimum absolute atomic E-state index is 0.0188. The number of rotatable bonds is 21. The highest BCUT2D eigenvalue weighted by molar-refractivity contribution is 7.48. The van der Waals surface area contributed by atoms with Gasteiger partial charge in [-0.25, -0.2) is 32.7 Å². The SMILES string of the molecule is COc1ccc(C(OC[C@H]2O[C@@H](n3cc(C)c(=O)[nH]c3=O)[C@H](F)[C@@H]2OOP(=O)(OCCC#N)OOC[C@H]2O[C@@H](n3cc(C)c(=O)[nH]c3=O)[C@H](F)[C@@H]2OC(C)=O)(c2ccccc2)c2ccc(OC)cc2)cc1. The first-order valence-electron chi connectivity index (χ1n) is 21.7. The van der Waals surface area contributed by atoms with Crippen LogP contribution in [0.15, 0.2) is 110 Å². The van der Waals surface area contributed by atoms with Gasteiger partial charge in [0.25, 0.3) is 11.1 Å². The Labute approximate surface area is 401 Å². The fraction of sp³-hybridized carbons (Fsp3) is 0.391. The van der Waals surface area contributed by atoms with Crippen LogP contribution in [0.4, 0.5) is 8.78 Å². The van der Waals surface area contributed by atoms with E-state index in [-0.39, 0.29) is 17.5 Å². The van der Waals surface area contributed by atoms with E-state index in [9.17, 15) is 33.8 Å². The molecule has 0 bridgehead atoms. The molecule has 3 aromatic carbocycles. The summed E-state index contributed by atoms with van der Waals surface area (Å²) in [5, 5.41) is 9.23. The molecule has 4 heterocycles. The summed E-state index contributed by atoms with van der Waals surface area (Å²) in [7, 11) is -2.23. The summed E-state index contributed by atoms with van der Waals surface area (Å²) in [6.07, 6.45) is -13.3. The molecule has 71 heavy (non-hydrogen) atoms. The number of ether oxygens (including phenoxy) is 6. The van der Waals surface area contributed by atoms with Gasteiger partial charge in [0.1, 0.15) is 35.9 Å². The molecule has 0 amide bonds. The van der Waals surface area contributed by atoms with E-state index in [1.165, 1.54) is 28.1 Å². The van der Waals surface area contributed by atoms with Crippen molar-refractivity contribution in [3.8, 4) is 17.6 Å². The molecule has 0 saturated carbocycles. The number of hydrogen-bond donors (Lipinski definition) is 2. The minimum atomic E-state index is -5.24. The quantitative estimate of drug-likeness (QED) is 0.0257. The molecule has 7 rings (SSSR count). The van der Waals surface area contributed by atoms with Gasteiger partial charge in [0.2, 0.25) is 0 Å². The number of carbonyl (C=O) groups excluding carboxylic acids is 1. The molecule has 22 nitrogen and oxygen atoms in total. The molecule has 2 N–H and O–H groups in total. The zero-order valence-corrected chi connectivity index (χ0v) is 39.5. The predicted molar refractivity (Wildman–Crippen MR) is 240 cm³/mol. The highest BCUT2D eigenvalue weighted by atomic mass is 31.2. The highest BCUT2D eigenvalue weighted by Crippen LogP contribution is 2.52. The van der Waals surface area contributed by atoms with Crippen molar-refractivity contribution in [2.24, 2.45) is 0 Å². The summed E-state index contributed by atoms with van der Waals surface area (Å²) in [5.41, 5.74) is -3.31. The molecule has 0 aliphatic carbocycles. The van der Waals surface area contributed by atoms with Gasteiger partial charge in [-0.05, 0) is 54.8 Å². The number of aromatic nitrogens is 4. The van der Waals surface area contributed by atoms with Crippen LogP contribution in [-0.2, 0) is 57.6 Å². The van der Waals surface area contributed by atoms with E-state index in [0.29, 0.717) is 28.2 Å². The summed E-state index contributed by atoms with van der Waals surface area (Å²) in [5.74, 6) is 0.104. The maximum absolute atomic E-state index is 17.1. The van der Waals surface area contributed by atoms with Crippen LogP contribution in [0.3, 0.4) is 0 Å². The van der Waals surface area contributed by atoms with Crippen molar-refractivity contribution < 1.29 is 70.2 Å². The molecule has 2 fully saturated rings. The molecule has 9 atom stereocenters. The maximum Gasteiger partial charge on any atom is 0.529 e. The van der Waals surface area contributed by atoms with Crippen molar-refractivity contribution >= 4 is 13.8 Å². The van der Waals surface area contributed by atoms with Crippen LogP contribution >= 0.6 is 7.82 Å². The van der Waals surface area contributed by atoms with Gasteiger partial charge in [0.05, 0.1) is 39.9 Å². The molecule has 5 aromatic rings. The van der Waals surface area contributed by atoms with E-state index in [0.717, 1.165) is 28.5 Å². The molecule has 2 aliphatic rings. The molecule has 1 unspecified atom stereocenters. The normalized spacial score (nSPS) is 22.9. The molecule has 0 spiro atoms. The Morgan fingerprint density at radius 2 is 1.24 bits per heavy atom. The Balaban J connectivity index is 1.20. The van der Waals surface area contributed by atoms with Crippen LogP contribution in [0.5, 0.6) is 11.5 Å². The van der Waals surface area contributed by atoms with Crippen molar-refractivity contribution in [1.82, 2.24) is 19.1 Å². The topological polar surface area (TPSA) is 269 Å². The molecule has 378 valence electrons.